The van der Waals surface area contributed by atoms with Gasteiger partial charge in [0.15, 0.2) is 0 Å². The highest BCUT2D eigenvalue weighted by atomic mass is 16.6. The van der Waals surface area contributed by atoms with Gasteiger partial charge in [0.2, 0.25) is 0 Å². The average Bonchev–Trinajstić information content (AvgIpc) is 0.732. The number of carbonyl (C=O) groups excluding carboxylic acids is 12. The normalized spacial score (nSPS) is 19.6. The Kier molecular flexibility index (Phi) is 34.3. The van der Waals surface area contributed by atoms with Crippen LogP contribution in [0.2, 0.25) is 0 Å². The van der Waals surface area contributed by atoms with Crippen molar-refractivity contribution in [1.29, 1.82) is 0 Å². The summed E-state index contributed by atoms with van der Waals surface area (Å²) in [5.74, 6) is 1.67. The third kappa shape index (κ3) is 23.5. The number of hydrogen-bond donors (Lipinski definition) is 0. The number of carbonyl (C=O) groups is 12. The zero-order valence-electron chi connectivity index (χ0n) is 80.6. The van der Waals surface area contributed by atoms with Crippen LogP contribution in [0.4, 0.5) is 0 Å². The van der Waals surface area contributed by atoms with Crippen LogP contribution in [0.3, 0.4) is 0 Å². The van der Waals surface area contributed by atoms with Gasteiger partial charge in [0.1, 0.15) is 47.4 Å². The molecule has 24 nitrogen and oxygen atoms in total. The average molecular weight is 1850 g/mol. The predicted molar refractivity (Wildman–Crippen MR) is 524 cm³/mol. The summed E-state index contributed by atoms with van der Waals surface area (Å²) in [6.45, 7) is 35.3. The van der Waals surface area contributed by atoms with Crippen molar-refractivity contribution < 1.29 is 95.4 Å². The maximum atomic E-state index is 13.4. The van der Waals surface area contributed by atoms with E-state index in [1.165, 1.54) is 61.2 Å². The molecule has 24 heteroatoms. The molecule has 720 valence electrons. The van der Waals surface area contributed by atoms with Gasteiger partial charge >= 0.3 is 23.9 Å². The number of hydrogen-bond acceptors (Lipinski definition) is 20. The molecule has 8 aromatic carbocycles. The summed E-state index contributed by atoms with van der Waals surface area (Å²) < 4.78 is 46.4. The Hall–Kier alpha value is -12.6. The Morgan fingerprint density at radius 2 is 0.662 bits per heavy atom. The first-order chi connectivity index (χ1) is 65.3. The zero-order chi connectivity index (χ0) is 97.3. The molecule has 4 fully saturated rings. The van der Waals surface area contributed by atoms with Crippen LogP contribution in [0.25, 0.3) is 43.1 Å². The molecule has 4 aliphatic heterocycles. The number of imide groups is 4. The van der Waals surface area contributed by atoms with Gasteiger partial charge < -0.3 is 37.9 Å². The quantitative estimate of drug-likeness (QED) is 0.0119. The van der Waals surface area contributed by atoms with E-state index in [-0.39, 0.29) is 72.7 Å². The van der Waals surface area contributed by atoms with Gasteiger partial charge in [-0.2, -0.15) is 0 Å². The molecule has 8 atom stereocenters. The first-order valence-corrected chi connectivity index (χ1v) is 49.0. The van der Waals surface area contributed by atoms with Crippen LogP contribution in [0, 0.1) is 35.5 Å². The van der Waals surface area contributed by atoms with Crippen LogP contribution in [-0.4, -0.2) is 167 Å². The smallest absolute Gasteiger partial charge is 0.333 e. The van der Waals surface area contributed by atoms with Crippen LogP contribution in [0.15, 0.2) is 171 Å². The molecular formula is C112H132N4O20. The molecular weight excluding hydrogens is 1720 g/mol. The Bertz CT molecular complexity index is 5800. The lowest BCUT2D eigenvalue weighted by atomic mass is 9.75. The van der Waals surface area contributed by atoms with Gasteiger partial charge in [-0.3, -0.25) is 58.0 Å². The molecule has 4 aliphatic carbocycles. The fourth-order valence-electron chi connectivity index (χ4n) is 20.3. The van der Waals surface area contributed by atoms with E-state index in [0.29, 0.717) is 158 Å². The molecule has 0 N–H and O–H groups in total. The van der Waals surface area contributed by atoms with Crippen molar-refractivity contribution in [3.63, 3.8) is 0 Å². The predicted octanol–water partition coefficient (Wildman–Crippen LogP) is 22.4. The van der Waals surface area contributed by atoms with Gasteiger partial charge in [0.05, 0.1) is 38.5 Å². The largest absolute Gasteiger partial charge is 0.490 e. The topological polar surface area (TPSA) is 292 Å². The van der Waals surface area contributed by atoms with Crippen LogP contribution in [0.1, 0.15) is 306 Å². The molecule has 0 saturated heterocycles. The van der Waals surface area contributed by atoms with Gasteiger partial charge in [0, 0.05) is 124 Å². The molecule has 8 aromatic rings. The molecule has 0 bridgehead atoms. The van der Waals surface area contributed by atoms with E-state index in [2.05, 4.69) is 67.9 Å². The van der Waals surface area contributed by atoms with Crippen molar-refractivity contribution in [2.45, 2.75) is 260 Å². The number of ether oxygens (including phenoxy) is 8. The highest BCUT2D eigenvalue weighted by molar-refractivity contribution is 6.29. The number of amides is 8. The van der Waals surface area contributed by atoms with E-state index in [4.69, 9.17) is 37.9 Å². The van der Waals surface area contributed by atoms with Gasteiger partial charge in [-0.25, -0.2) is 19.2 Å². The Balaban J connectivity index is 0.000000153. The fraction of sp³-hybridized carbons (Fsp3) is 0.464. The highest BCUT2D eigenvalue weighted by Gasteiger charge is 2.42. The zero-order valence-corrected chi connectivity index (χ0v) is 80.6. The summed E-state index contributed by atoms with van der Waals surface area (Å²) in [6.07, 6.45) is 25.9. The van der Waals surface area contributed by atoms with Crippen molar-refractivity contribution in [3.05, 3.63) is 215 Å². The molecule has 0 spiro atoms. The van der Waals surface area contributed by atoms with E-state index in [1.54, 1.807) is 70.2 Å². The summed E-state index contributed by atoms with van der Waals surface area (Å²) >= 11 is 0. The standard InChI is InChI=1S/C29H35NO5.2C28H33NO5.C27H31NO5/c1-16(2)20-11-10-18(5)14-25(20)35-24-13-12-23-26-21(24)8-7-9-22(26)27(31)30(28(23)32)15-19(6)34-29(33)17(3)4;1-6-25(30)33-18(5)15-29-27(31)21-9-7-8-20-23(13-12-22(26(20)21)28(29)32)34-24-14-17(4)10-11-19(24)16(2)3;1-19(2)28(32)33-18-9-4-3-8-17-29-26(30)22-14-10-13-21-24(34-20-11-6-5-7-12-20)16-15-23(25(21)22)27(29)31;1-2-24(29)32-18-9-4-3-8-17-28-26(30)21-14-10-13-20-23(33-19-11-6-5-7-12-19)16-15-22(25(20)21)27(28)31/h7-9,12-13,16,18-20,25H,3,10-11,14-15H2,1-2,4-6H3;6-9,12-13,16-19,24H,1,10-11,14-15H2,2-5H3;10,13-16,20H,1,3-9,11-12,17-18H2,2H3;2,10,13-16,19H,1,3-9,11-12,17-18H2. The highest BCUT2D eigenvalue weighted by Crippen LogP contribution is 2.46. The van der Waals surface area contributed by atoms with Crippen molar-refractivity contribution in [2.24, 2.45) is 35.5 Å². The monoisotopic (exact) mass is 1850 g/mol. The summed E-state index contributed by atoms with van der Waals surface area (Å²) in [4.78, 5) is 157. The van der Waals surface area contributed by atoms with Crippen molar-refractivity contribution >= 4 is 114 Å². The summed E-state index contributed by atoms with van der Waals surface area (Å²) in [6, 6.07) is 36.8. The maximum absolute atomic E-state index is 13.4. The molecule has 4 heterocycles. The minimum Gasteiger partial charge on any atom is -0.490 e. The SMILES string of the molecule is C=C(C)C(=O)OC(C)CN1C(=O)c2cccc3c(OC4CC(C)CCC4C(C)C)ccc(c23)C1=O.C=C(C)C(=O)OCCCCCCN1C(=O)c2cccc3c(OC4CCCCC4)ccc(c23)C1=O.C=CC(=O)OC(C)CN1C(=O)c2cccc3c(OC4CC(C)CCC4C(C)C)ccc(c23)C1=O.C=CC(=O)OCCCCCCN1C(=O)c2cccc3c(OC4CCCCC4)ccc(c23)C1=O. The van der Waals surface area contributed by atoms with Gasteiger partial charge in [-0.1, -0.05) is 155 Å². The maximum Gasteiger partial charge on any atom is 0.333 e. The van der Waals surface area contributed by atoms with Crippen LogP contribution in [-0.2, 0) is 38.1 Å². The molecule has 0 radical (unpaired) electrons. The molecule has 8 aliphatic rings. The summed E-state index contributed by atoms with van der Waals surface area (Å²) in [5.41, 5.74) is 4.74. The van der Waals surface area contributed by atoms with Gasteiger partial charge in [-0.15, -0.1) is 0 Å². The molecule has 8 amide bonds. The molecule has 4 saturated carbocycles. The summed E-state index contributed by atoms with van der Waals surface area (Å²) in [7, 11) is 0. The Labute approximate surface area is 798 Å². The Morgan fingerprint density at radius 1 is 0.353 bits per heavy atom. The van der Waals surface area contributed by atoms with Gasteiger partial charge in [0.25, 0.3) is 47.3 Å². The van der Waals surface area contributed by atoms with Crippen LogP contribution < -0.4 is 18.9 Å². The molecule has 0 aromatic heterocycles. The second kappa shape index (κ2) is 46.3. The minimum atomic E-state index is -0.656. The van der Waals surface area contributed by atoms with Gasteiger partial charge in [-0.05, 0) is 252 Å². The number of unbranched alkanes of at least 4 members (excludes halogenated alkanes) is 6. The second-order valence-corrected chi connectivity index (χ2v) is 38.6. The lowest BCUT2D eigenvalue weighted by Crippen LogP contribution is -2.44. The lowest BCUT2D eigenvalue weighted by Gasteiger charge is -2.37. The Morgan fingerprint density at radius 3 is 0.993 bits per heavy atom. The van der Waals surface area contributed by atoms with Crippen molar-refractivity contribution in [1.82, 2.24) is 19.6 Å². The fourth-order valence-corrected chi connectivity index (χ4v) is 20.3. The number of benzene rings is 8. The summed E-state index contributed by atoms with van der Waals surface area (Å²) in [5, 5.41) is 5.92. The van der Waals surface area contributed by atoms with Crippen LogP contribution >= 0.6 is 0 Å². The third-order valence-electron chi connectivity index (χ3n) is 27.5. The third-order valence-corrected chi connectivity index (χ3v) is 27.5. The van der Waals surface area contributed by atoms with E-state index < -0.39 is 53.7 Å². The van der Waals surface area contributed by atoms with E-state index in [1.807, 2.05) is 78.9 Å². The lowest BCUT2D eigenvalue weighted by molar-refractivity contribution is -0.144. The van der Waals surface area contributed by atoms with E-state index >= 15 is 0 Å². The second-order valence-electron chi connectivity index (χ2n) is 38.6. The minimum absolute atomic E-state index is 0.0264. The molecule has 16 rings (SSSR count). The molecule has 8 unspecified atom stereocenters. The van der Waals surface area contributed by atoms with E-state index in [0.717, 1.165) is 145 Å². The first-order valence-electron chi connectivity index (χ1n) is 49.0. The molecule has 136 heavy (non-hydrogen) atoms. The van der Waals surface area contributed by atoms with Crippen LogP contribution in [0.5, 0.6) is 23.0 Å². The van der Waals surface area contributed by atoms with Crippen molar-refractivity contribution in [3.8, 4) is 23.0 Å². The number of nitrogens with zero attached hydrogens (tertiary/aromatic N) is 4. The van der Waals surface area contributed by atoms with Crippen molar-refractivity contribution in [2.75, 3.05) is 39.4 Å². The number of rotatable bonds is 34. The number of esters is 4. The first kappa shape index (κ1) is 101. The van der Waals surface area contributed by atoms with E-state index in [9.17, 15) is 57.5 Å².